The minimum atomic E-state index is -3.42. The fourth-order valence-electron chi connectivity index (χ4n) is 0.689. The van der Waals surface area contributed by atoms with Crippen molar-refractivity contribution in [2.75, 3.05) is 6.26 Å². The third kappa shape index (κ3) is 9.03. The molecule has 0 aliphatic heterocycles. The monoisotopic (exact) mass is 205 g/mol. The molecule has 5 nitrogen and oxygen atoms in total. The second-order valence-electron chi connectivity index (χ2n) is 2.68. The number of hydrogen-bond acceptors (Lipinski definition) is 2. The first-order chi connectivity index (χ1) is 5.83. The van der Waals surface area contributed by atoms with Crippen molar-refractivity contribution in [3.8, 4) is 0 Å². The molecule has 0 aromatic carbocycles. The van der Waals surface area contributed by atoms with Crippen LogP contribution in [-0.2, 0) is 23.6 Å². The summed E-state index contributed by atoms with van der Waals surface area (Å²) in [5.41, 5.74) is 0. The van der Waals surface area contributed by atoms with Crippen LogP contribution in [0.4, 0.5) is 0 Å². The lowest BCUT2D eigenvalue weighted by atomic mass is 10.7. The number of nitrogens with zero attached hydrogens (tertiary/aromatic N) is 2. The Morgan fingerprint density at radius 1 is 1.54 bits per heavy atom. The average molecular weight is 205 g/mol. The average Bonchev–Trinajstić information content (AvgIpc) is 2.31. The van der Waals surface area contributed by atoms with Crippen LogP contribution < -0.4 is 4.57 Å². The van der Waals surface area contributed by atoms with Gasteiger partial charge in [0.2, 0.25) is 6.33 Å². The van der Waals surface area contributed by atoms with Crippen molar-refractivity contribution in [1.29, 1.82) is 0 Å². The Hall–Kier alpha value is -0.880. The van der Waals surface area contributed by atoms with E-state index in [2.05, 4.69) is 24.0 Å². The van der Waals surface area contributed by atoms with Gasteiger partial charge < -0.3 is 5.14 Å². The number of hydrogen-bond donors (Lipinski definition) is 0. The molecule has 0 amide bonds. The molecule has 76 valence electrons. The number of sulfonamides is 1. The fraction of sp³-hybridized carbons (Fsp3) is 0.571. The maximum Gasteiger partial charge on any atom is 0.243 e. The highest BCUT2D eigenvalue weighted by atomic mass is 32.2. The molecule has 0 atom stereocenters. The summed E-state index contributed by atoms with van der Waals surface area (Å²) in [7, 11) is -1.40. The van der Waals surface area contributed by atoms with E-state index in [-0.39, 0.29) is 0 Å². The lowest BCUT2D eigenvalue weighted by Crippen LogP contribution is -2.23. The van der Waals surface area contributed by atoms with Gasteiger partial charge in [-0.15, -0.1) is 0 Å². The van der Waals surface area contributed by atoms with Crippen molar-refractivity contribution < 1.29 is 13.0 Å². The molecule has 0 aliphatic carbocycles. The molecule has 0 saturated heterocycles. The second kappa shape index (κ2) is 4.98. The van der Waals surface area contributed by atoms with Gasteiger partial charge >= 0.3 is 0 Å². The molecule has 13 heavy (non-hydrogen) atoms. The second-order valence-corrected chi connectivity index (χ2v) is 4.23. The largest absolute Gasteiger partial charge is 0.564 e. The highest BCUT2D eigenvalue weighted by molar-refractivity contribution is 7.92. The zero-order chi connectivity index (χ0) is 10.5. The van der Waals surface area contributed by atoms with E-state index in [1.54, 1.807) is 0 Å². The van der Waals surface area contributed by atoms with Crippen molar-refractivity contribution in [1.82, 2.24) is 4.57 Å². The summed E-state index contributed by atoms with van der Waals surface area (Å²) in [6, 6.07) is 0. The zero-order valence-corrected chi connectivity index (χ0v) is 8.87. The number of nitrogens with one attached hydrogen (secondary N) is 1. The smallest absolute Gasteiger partial charge is 0.243 e. The van der Waals surface area contributed by atoms with Crippen LogP contribution in [0.1, 0.15) is 6.92 Å². The van der Waals surface area contributed by atoms with Gasteiger partial charge in [0.25, 0.3) is 0 Å². The van der Waals surface area contributed by atoms with Crippen LogP contribution in [-0.4, -0.2) is 19.2 Å². The molecule has 1 heterocycles. The number of imidazole rings is 1. The van der Waals surface area contributed by atoms with Crippen LogP contribution in [0, 0.1) is 0 Å². The maximum atomic E-state index is 9.30. The SMILES string of the molecule is CCn1cc[n+](C)c1.CS([NH-])(=O)=O. The Balaban J connectivity index is 0.000000252. The van der Waals surface area contributed by atoms with Crippen LogP contribution in [0.25, 0.3) is 5.14 Å². The van der Waals surface area contributed by atoms with Crippen molar-refractivity contribution in [3.05, 3.63) is 23.9 Å². The van der Waals surface area contributed by atoms with Gasteiger partial charge in [-0.25, -0.2) is 17.6 Å². The van der Waals surface area contributed by atoms with Gasteiger partial charge in [0.05, 0.1) is 23.6 Å². The van der Waals surface area contributed by atoms with Gasteiger partial charge in [-0.2, -0.15) is 0 Å². The lowest BCUT2D eigenvalue weighted by Gasteiger charge is -1.86. The highest BCUT2D eigenvalue weighted by Crippen LogP contribution is 1.79. The number of rotatable bonds is 1. The van der Waals surface area contributed by atoms with Gasteiger partial charge in [-0.05, 0) is 6.92 Å². The molecule has 0 bridgehead atoms. The Kier molecular flexibility index (Phi) is 4.64. The number of aromatic nitrogens is 2. The lowest BCUT2D eigenvalue weighted by molar-refractivity contribution is -0.671. The first-order valence-corrected chi connectivity index (χ1v) is 5.67. The quantitative estimate of drug-likeness (QED) is 0.620. The highest BCUT2D eigenvalue weighted by Gasteiger charge is 1.92. The molecule has 0 spiro atoms. The van der Waals surface area contributed by atoms with Crippen molar-refractivity contribution >= 4 is 10.0 Å². The third-order valence-corrected chi connectivity index (χ3v) is 1.19. The van der Waals surface area contributed by atoms with Gasteiger partial charge in [0, 0.05) is 6.26 Å². The Bertz CT molecular complexity index is 334. The minimum absolute atomic E-state index is 0.826. The topological polar surface area (TPSA) is 66.8 Å². The molecule has 6 heteroatoms. The maximum absolute atomic E-state index is 9.30. The summed E-state index contributed by atoms with van der Waals surface area (Å²) in [5.74, 6) is 0. The molecular weight excluding hydrogens is 190 g/mol. The van der Waals surface area contributed by atoms with Gasteiger partial charge in [0.1, 0.15) is 12.4 Å². The normalized spacial score (nSPS) is 10.5. The van der Waals surface area contributed by atoms with E-state index in [1.807, 2.05) is 17.8 Å². The Labute approximate surface area is 78.8 Å². The van der Waals surface area contributed by atoms with E-state index in [0.29, 0.717) is 0 Å². The molecule has 0 fully saturated rings. The molecular formula is C7H15N3O2S. The molecule has 1 aromatic heterocycles. The first kappa shape index (κ1) is 12.1. The summed E-state index contributed by atoms with van der Waals surface area (Å²) in [5, 5.41) is 5.91. The van der Waals surface area contributed by atoms with Crippen LogP contribution in [0.5, 0.6) is 0 Å². The predicted molar refractivity (Wildman–Crippen MR) is 50.4 cm³/mol. The zero-order valence-electron chi connectivity index (χ0n) is 8.06. The Morgan fingerprint density at radius 2 is 2.00 bits per heavy atom. The van der Waals surface area contributed by atoms with Crippen molar-refractivity contribution in [3.63, 3.8) is 0 Å². The van der Waals surface area contributed by atoms with Crippen molar-refractivity contribution in [2.45, 2.75) is 13.5 Å². The van der Waals surface area contributed by atoms with Crippen LogP contribution in [0.3, 0.4) is 0 Å². The minimum Gasteiger partial charge on any atom is -0.564 e. The van der Waals surface area contributed by atoms with Crippen LogP contribution in [0.2, 0.25) is 0 Å². The molecule has 1 rings (SSSR count). The number of aryl methyl sites for hydroxylation is 2. The van der Waals surface area contributed by atoms with Gasteiger partial charge in [0.15, 0.2) is 0 Å². The van der Waals surface area contributed by atoms with E-state index in [9.17, 15) is 8.42 Å². The summed E-state index contributed by atoms with van der Waals surface area (Å²) in [6.07, 6.45) is 6.97. The predicted octanol–water partition coefficient (Wildman–Crippen LogP) is 0.331. The van der Waals surface area contributed by atoms with E-state index < -0.39 is 10.0 Å². The standard InChI is InChI=1S/C6H11N2.CH4NO2S/c1-3-8-5-4-7(2)6-8;1-5(2,3)4/h4-6H,3H2,1-2H3;1H3,(H-,2,3,4)/q+1;-1. The Morgan fingerprint density at radius 3 is 2.15 bits per heavy atom. The van der Waals surface area contributed by atoms with Crippen LogP contribution in [0.15, 0.2) is 18.7 Å². The summed E-state index contributed by atoms with van der Waals surface area (Å²) in [6.45, 7) is 3.18. The molecule has 1 N–H and O–H groups in total. The molecule has 0 saturated carbocycles. The third-order valence-electron chi connectivity index (χ3n) is 1.19. The fourth-order valence-corrected chi connectivity index (χ4v) is 0.689. The van der Waals surface area contributed by atoms with E-state index in [0.717, 1.165) is 12.8 Å². The molecule has 0 radical (unpaired) electrons. The van der Waals surface area contributed by atoms with Gasteiger partial charge in [-0.1, -0.05) is 0 Å². The summed E-state index contributed by atoms with van der Waals surface area (Å²) in [4.78, 5) is 0. The first-order valence-electron chi connectivity index (χ1n) is 3.78. The van der Waals surface area contributed by atoms with Gasteiger partial charge in [-0.3, -0.25) is 0 Å². The summed E-state index contributed by atoms with van der Waals surface area (Å²) < 4.78 is 22.8. The van der Waals surface area contributed by atoms with Crippen molar-refractivity contribution in [2.24, 2.45) is 7.05 Å². The molecule has 0 unspecified atom stereocenters. The van der Waals surface area contributed by atoms with Crippen LogP contribution >= 0.6 is 0 Å². The van der Waals surface area contributed by atoms with E-state index in [1.165, 1.54) is 0 Å². The molecule has 0 aliphatic rings. The van der Waals surface area contributed by atoms with E-state index >= 15 is 0 Å². The summed E-state index contributed by atoms with van der Waals surface area (Å²) >= 11 is 0. The van der Waals surface area contributed by atoms with E-state index in [4.69, 9.17) is 5.14 Å². The molecule has 1 aromatic rings.